The molecule has 1 aromatic carbocycles. The van der Waals surface area contributed by atoms with E-state index in [1.165, 1.54) is 4.90 Å². The zero-order chi connectivity index (χ0) is 19.0. The van der Waals surface area contributed by atoms with Gasteiger partial charge in [-0.3, -0.25) is 14.5 Å². The van der Waals surface area contributed by atoms with Crippen LogP contribution in [-0.4, -0.2) is 41.3 Å². The molecule has 3 heterocycles. The fourth-order valence-electron chi connectivity index (χ4n) is 4.53. The van der Waals surface area contributed by atoms with Crippen molar-refractivity contribution < 1.29 is 22.8 Å². The van der Waals surface area contributed by atoms with Gasteiger partial charge in [0.2, 0.25) is 0 Å². The Balaban J connectivity index is 0.00000192. The van der Waals surface area contributed by atoms with Crippen molar-refractivity contribution in [3.05, 3.63) is 51.5 Å². The largest absolute Gasteiger partial charge is 0.434 e. The number of aromatic nitrogens is 1. The molecule has 0 unspecified atom stereocenters. The summed E-state index contributed by atoms with van der Waals surface area (Å²) in [5.41, 5.74) is -0.914. The van der Waals surface area contributed by atoms with Crippen LogP contribution >= 0.6 is 23.7 Å². The van der Waals surface area contributed by atoms with Crippen molar-refractivity contribution in [2.75, 3.05) is 19.6 Å². The summed E-state index contributed by atoms with van der Waals surface area (Å²) in [5.74, 6) is -0.621. The Labute approximate surface area is 168 Å². The van der Waals surface area contributed by atoms with Crippen LogP contribution in [-0.2, 0) is 11.6 Å². The Hall–Kier alpha value is -1.97. The summed E-state index contributed by atoms with van der Waals surface area (Å²) in [7, 11) is 0. The van der Waals surface area contributed by atoms with Gasteiger partial charge in [-0.15, -0.1) is 23.7 Å². The Kier molecular flexibility index (Phi) is 4.33. The lowest BCUT2D eigenvalue weighted by molar-refractivity contribution is -0.140. The number of carbonyl (C=O) groups excluding carboxylic acids is 2. The van der Waals surface area contributed by atoms with E-state index in [1.54, 1.807) is 24.3 Å². The Morgan fingerprint density at radius 2 is 1.71 bits per heavy atom. The number of thiazole rings is 1. The first kappa shape index (κ1) is 19.4. The number of benzene rings is 1. The minimum atomic E-state index is -4.51. The summed E-state index contributed by atoms with van der Waals surface area (Å²) in [4.78, 5) is 30.5. The maximum Gasteiger partial charge on any atom is 0.434 e. The summed E-state index contributed by atoms with van der Waals surface area (Å²) in [6.45, 7) is 1.37. The van der Waals surface area contributed by atoms with Gasteiger partial charge >= 0.3 is 6.18 Å². The molecule has 0 bridgehead atoms. The van der Waals surface area contributed by atoms with Crippen LogP contribution < -0.4 is 5.32 Å². The van der Waals surface area contributed by atoms with Crippen LogP contribution in [0.3, 0.4) is 0 Å². The highest BCUT2D eigenvalue weighted by Gasteiger charge is 2.70. The summed E-state index contributed by atoms with van der Waals surface area (Å²) in [6.07, 6.45) is -4.51. The van der Waals surface area contributed by atoms with Gasteiger partial charge in [0.05, 0.1) is 11.1 Å². The number of fused-ring (bicyclic) bond motifs is 2. The number of piperidine rings is 1. The van der Waals surface area contributed by atoms with E-state index in [2.05, 4.69) is 10.3 Å². The average Bonchev–Trinajstić information content (AvgIpc) is 3.13. The Morgan fingerprint density at radius 3 is 2.21 bits per heavy atom. The van der Waals surface area contributed by atoms with Crippen LogP contribution in [0.2, 0.25) is 0 Å². The predicted molar refractivity (Wildman–Crippen MR) is 97.7 cm³/mol. The highest BCUT2D eigenvalue weighted by molar-refractivity contribution is 7.09. The molecule has 5 rings (SSSR count). The fourth-order valence-corrected chi connectivity index (χ4v) is 5.68. The van der Waals surface area contributed by atoms with E-state index in [0.717, 1.165) is 16.7 Å². The van der Waals surface area contributed by atoms with Gasteiger partial charge in [0.15, 0.2) is 5.69 Å². The lowest BCUT2D eigenvalue weighted by Crippen LogP contribution is -2.41. The first-order valence-corrected chi connectivity index (χ1v) is 9.41. The number of amides is 2. The number of halogens is 4. The number of alkyl halides is 3. The highest BCUT2D eigenvalue weighted by Crippen LogP contribution is 2.63. The Morgan fingerprint density at radius 1 is 1.14 bits per heavy atom. The Bertz CT molecular complexity index is 932. The molecule has 28 heavy (non-hydrogen) atoms. The van der Waals surface area contributed by atoms with E-state index in [9.17, 15) is 22.8 Å². The molecule has 2 amide bonds. The van der Waals surface area contributed by atoms with Crippen LogP contribution in [0.15, 0.2) is 29.6 Å². The number of hydrogen-bond donors (Lipinski definition) is 1. The monoisotopic (exact) mass is 429 g/mol. The molecule has 3 atom stereocenters. The van der Waals surface area contributed by atoms with E-state index in [1.807, 2.05) is 0 Å². The highest BCUT2D eigenvalue weighted by atomic mass is 35.5. The molecule has 2 fully saturated rings. The molecule has 10 heteroatoms. The zero-order valence-electron chi connectivity index (χ0n) is 14.3. The second kappa shape index (κ2) is 6.27. The molecule has 1 saturated heterocycles. The molecule has 148 valence electrons. The van der Waals surface area contributed by atoms with Gasteiger partial charge in [0.1, 0.15) is 5.01 Å². The molecule has 5 nitrogen and oxygen atoms in total. The lowest BCUT2D eigenvalue weighted by Gasteiger charge is -2.24. The summed E-state index contributed by atoms with van der Waals surface area (Å²) >= 11 is 0.964. The van der Waals surface area contributed by atoms with Crippen molar-refractivity contribution in [2.24, 2.45) is 11.8 Å². The van der Waals surface area contributed by atoms with Gasteiger partial charge in [-0.25, -0.2) is 4.98 Å². The van der Waals surface area contributed by atoms with Crippen LogP contribution in [0, 0.1) is 11.8 Å². The van der Waals surface area contributed by atoms with Gasteiger partial charge in [-0.05, 0) is 37.1 Å². The third-order valence-corrected chi connectivity index (χ3v) is 6.95. The van der Waals surface area contributed by atoms with Gasteiger partial charge in [0.25, 0.3) is 11.8 Å². The first-order valence-electron chi connectivity index (χ1n) is 8.53. The smallest absolute Gasteiger partial charge is 0.316 e. The molecule has 1 aromatic heterocycles. The molecule has 0 spiro atoms. The molecule has 1 aliphatic carbocycles. The van der Waals surface area contributed by atoms with Gasteiger partial charge in [0, 0.05) is 17.3 Å². The van der Waals surface area contributed by atoms with E-state index >= 15 is 0 Å². The number of carbonyl (C=O) groups is 2. The van der Waals surface area contributed by atoms with E-state index < -0.39 is 17.3 Å². The molecular weight excluding hydrogens is 415 g/mol. The van der Waals surface area contributed by atoms with Crippen LogP contribution in [0.5, 0.6) is 0 Å². The molecule has 1 saturated carbocycles. The van der Waals surface area contributed by atoms with Crippen molar-refractivity contribution in [2.45, 2.75) is 11.6 Å². The standard InChI is InChI=1S/C18H14F3N3O2S.ClH/c19-18(20,21)13-7-27-16(23-13)17(11-5-22-6-12(11)17)8-24-14(25)9-3-1-2-4-10(9)15(24)26;/h1-4,7,11-12,22H,5-6,8H2;1H/t11-,12+,17-;. The van der Waals surface area contributed by atoms with Crippen LogP contribution in [0.25, 0.3) is 0 Å². The van der Waals surface area contributed by atoms with Crippen molar-refractivity contribution in [3.63, 3.8) is 0 Å². The number of rotatable bonds is 3. The minimum Gasteiger partial charge on any atom is -0.316 e. The first-order chi connectivity index (χ1) is 12.8. The quantitative estimate of drug-likeness (QED) is 0.762. The van der Waals surface area contributed by atoms with Crippen molar-refractivity contribution >= 4 is 35.6 Å². The number of imide groups is 1. The van der Waals surface area contributed by atoms with Crippen molar-refractivity contribution in [1.29, 1.82) is 0 Å². The molecule has 2 aromatic rings. The normalized spacial score (nSPS) is 28.2. The maximum absolute atomic E-state index is 13.0. The second-order valence-electron chi connectivity index (χ2n) is 7.19. The summed E-state index contributed by atoms with van der Waals surface area (Å²) in [5, 5.41) is 4.59. The molecule has 0 radical (unpaired) electrons. The van der Waals surface area contributed by atoms with E-state index in [0.29, 0.717) is 29.2 Å². The van der Waals surface area contributed by atoms with Gasteiger partial charge in [-0.2, -0.15) is 13.2 Å². The number of nitrogens with one attached hydrogen (secondary N) is 1. The van der Waals surface area contributed by atoms with E-state index in [4.69, 9.17) is 0 Å². The summed E-state index contributed by atoms with van der Waals surface area (Å²) in [6, 6.07) is 6.58. The average molecular weight is 430 g/mol. The fraction of sp³-hybridized carbons (Fsp3) is 0.389. The van der Waals surface area contributed by atoms with Gasteiger partial charge < -0.3 is 5.32 Å². The third kappa shape index (κ3) is 2.53. The molecular formula is C18H15ClF3N3O2S. The van der Waals surface area contributed by atoms with Crippen LogP contribution in [0.4, 0.5) is 13.2 Å². The molecule has 2 aliphatic heterocycles. The SMILES string of the molecule is Cl.O=C1c2ccccc2C(=O)N1C[C@@]1(c2nc(C(F)(F)F)cs2)[C@@H]2CNC[C@@H]21. The zero-order valence-corrected chi connectivity index (χ0v) is 16.0. The van der Waals surface area contributed by atoms with Crippen LogP contribution in [0.1, 0.15) is 31.4 Å². The molecule has 3 aliphatic rings. The maximum atomic E-state index is 13.0. The number of hydrogen-bond acceptors (Lipinski definition) is 5. The second-order valence-corrected chi connectivity index (χ2v) is 8.05. The topological polar surface area (TPSA) is 62.3 Å². The van der Waals surface area contributed by atoms with Crippen molar-refractivity contribution in [3.8, 4) is 0 Å². The van der Waals surface area contributed by atoms with Crippen molar-refractivity contribution in [1.82, 2.24) is 15.2 Å². The molecule has 1 N–H and O–H groups in total. The summed E-state index contributed by atoms with van der Waals surface area (Å²) < 4.78 is 39.1. The van der Waals surface area contributed by atoms with Gasteiger partial charge in [-0.1, -0.05) is 12.1 Å². The third-order valence-electron chi connectivity index (χ3n) is 5.92. The lowest BCUT2D eigenvalue weighted by atomic mass is 10.00. The number of nitrogens with zero attached hydrogens (tertiary/aromatic N) is 2. The van der Waals surface area contributed by atoms with E-state index in [-0.39, 0.29) is 42.6 Å². The predicted octanol–water partition coefficient (Wildman–Crippen LogP) is 2.97. The minimum absolute atomic E-state index is 0.